The van der Waals surface area contributed by atoms with Gasteiger partial charge >= 0.3 is 0 Å². The van der Waals surface area contributed by atoms with Crippen molar-refractivity contribution in [1.82, 2.24) is 25.0 Å². The Labute approximate surface area is 163 Å². The average Bonchev–Trinajstić information content (AvgIpc) is 3.14. The molecule has 1 aromatic carbocycles. The lowest BCUT2D eigenvalue weighted by Crippen LogP contribution is -2.30. The molecule has 0 radical (unpaired) electrons. The number of H-pyrrole nitrogens is 1. The predicted molar refractivity (Wildman–Crippen MR) is 108 cm³/mol. The van der Waals surface area contributed by atoms with Gasteiger partial charge in [0.05, 0.1) is 12.2 Å². The topological polar surface area (TPSA) is 83.0 Å². The van der Waals surface area contributed by atoms with E-state index in [1.54, 1.807) is 0 Å². The van der Waals surface area contributed by atoms with Crippen LogP contribution >= 0.6 is 0 Å². The molecule has 0 unspecified atom stereocenters. The number of amides is 1. The number of pyridine rings is 1. The fourth-order valence-electron chi connectivity index (χ4n) is 4.12. The van der Waals surface area contributed by atoms with Crippen molar-refractivity contribution in [3.05, 3.63) is 63.7 Å². The largest absolute Gasteiger partial charge is 0.338 e. The van der Waals surface area contributed by atoms with E-state index >= 15 is 0 Å². The van der Waals surface area contributed by atoms with Crippen LogP contribution in [0.25, 0.3) is 10.9 Å². The molecule has 0 spiro atoms. The van der Waals surface area contributed by atoms with Gasteiger partial charge in [0, 0.05) is 61.9 Å². The summed E-state index contributed by atoms with van der Waals surface area (Å²) >= 11 is 0. The maximum Gasteiger partial charge on any atom is 0.252 e. The van der Waals surface area contributed by atoms with Crippen LogP contribution in [0.5, 0.6) is 0 Å². The van der Waals surface area contributed by atoms with Crippen molar-refractivity contribution in [3.63, 3.8) is 0 Å². The Hall–Kier alpha value is -2.93. The third-order valence-corrected chi connectivity index (χ3v) is 5.84. The number of nitrogens with one attached hydrogen (secondary N) is 2. The molecule has 28 heavy (non-hydrogen) atoms. The van der Waals surface area contributed by atoms with Crippen molar-refractivity contribution in [2.45, 2.75) is 25.9 Å². The van der Waals surface area contributed by atoms with Crippen LogP contribution in [0.1, 0.15) is 29.3 Å². The first kappa shape index (κ1) is 18.4. The number of aromatic amines is 1. The van der Waals surface area contributed by atoms with Crippen LogP contribution in [0.2, 0.25) is 0 Å². The summed E-state index contributed by atoms with van der Waals surface area (Å²) in [5, 5.41) is 8.74. The molecule has 7 nitrogen and oxygen atoms in total. The Balaban J connectivity index is 1.49. The molecule has 146 valence electrons. The normalized spacial score (nSPS) is 19.7. The van der Waals surface area contributed by atoms with Gasteiger partial charge in [0.2, 0.25) is 5.91 Å². The number of aryl methyl sites for hydroxylation is 1. The number of likely N-dealkylation sites (tertiary alicyclic amines) is 1. The Bertz CT molecular complexity index is 1080. The summed E-state index contributed by atoms with van der Waals surface area (Å²) < 4.78 is 1.84. The fourth-order valence-corrected chi connectivity index (χ4v) is 4.12. The van der Waals surface area contributed by atoms with Gasteiger partial charge in [-0.1, -0.05) is 18.2 Å². The molecule has 2 N–H and O–H groups in total. The lowest BCUT2D eigenvalue weighted by Gasteiger charge is -2.25. The summed E-state index contributed by atoms with van der Waals surface area (Å²) in [6.07, 6.45) is 2.35. The summed E-state index contributed by atoms with van der Waals surface area (Å²) in [4.78, 5) is 29.4. The Morgan fingerprint density at radius 3 is 2.79 bits per heavy atom. The minimum atomic E-state index is -0.0783. The predicted octanol–water partition coefficient (Wildman–Crippen LogP) is 1.88. The van der Waals surface area contributed by atoms with Crippen LogP contribution in [0.3, 0.4) is 0 Å². The second kappa shape index (κ2) is 7.24. The summed E-state index contributed by atoms with van der Waals surface area (Å²) in [6.45, 7) is 3.15. The third kappa shape index (κ3) is 3.22. The summed E-state index contributed by atoms with van der Waals surface area (Å²) in [5.74, 6) is 0.281. The maximum absolute atomic E-state index is 12.3. The first-order valence-corrected chi connectivity index (χ1v) is 9.51. The molecule has 2 aromatic heterocycles. The van der Waals surface area contributed by atoms with Crippen molar-refractivity contribution in [1.29, 1.82) is 0 Å². The second-order valence-corrected chi connectivity index (χ2v) is 7.56. The molecule has 1 aliphatic rings. The van der Waals surface area contributed by atoms with Gasteiger partial charge in [0.15, 0.2) is 0 Å². The van der Waals surface area contributed by atoms with Gasteiger partial charge < -0.3 is 15.2 Å². The number of benzene rings is 1. The Morgan fingerprint density at radius 1 is 1.25 bits per heavy atom. The highest BCUT2D eigenvalue weighted by Crippen LogP contribution is 2.37. The Kier molecular flexibility index (Phi) is 4.77. The van der Waals surface area contributed by atoms with Gasteiger partial charge in [-0.05, 0) is 24.4 Å². The van der Waals surface area contributed by atoms with E-state index in [-0.39, 0.29) is 23.4 Å². The van der Waals surface area contributed by atoms with Crippen LogP contribution in [-0.4, -0.2) is 39.2 Å². The molecule has 7 heteroatoms. The van der Waals surface area contributed by atoms with Crippen LogP contribution in [0.4, 0.5) is 0 Å². The number of nitrogens with zero attached hydrogens (tertiary/aromatic N) is 3. The SMILES string of the molecule is Cc1c([C@H]2[C@H](CNCc3cc4ccccc4[nH]c3=O)CC(=O)N2C)cnn1C. The second-order valence-electron chi connectivity index (χ2n) is 7.56. The summed E-state index contributed by atoms with van der Waals surface area (Å²) in [7, 11) is 3.77. The quantitative estimate of drug-likeness (QED) is 0.709. The minimum absolute atomic E-state index is 0.00332. The van der Waals surface area contributed by atoms with Crippen LogP contribution in [0.15, 0.2) is 41.3 Å². The van der Waals surface area contributed by atoms with Crippen molar-refractivity contribution < 1.29 is 4.79 Å². The van der Waals surface area contributed by atoms with Gasteiger partial charge in [-0.2, -0.15) is 5.10 Å². The molecular formula is C21H25N5O2. The average molecular weight is 379 g/mol. The zero-order valence-corrected chi connectivity index (χ0v) is 16.4. The number of aromatic nitrogens is 3. The monoisotopic (exact) mass is 379 g/mol. The van der Waals surface area contributed by atoms with Gasteiger partial charge in [0.1, 0.15) is 0 Å². The molecule has 3 aromatic rings. The highest BCUT2D eigenvalue weighted by molar-refractivity contribution is 5.79. The minimum Gasteiger partial charge on any atom is -0.338 e. The molecule has 0 bridgehead atoms. The number of para-hydroxylation sites is 1. The van der Waals surface area contributed by atoms with Crippen molar-refractivity contribution >= 4 is 16.8 Å². The van der Waals surface area contributed by atoms with Gasteiger partial charge in [-0.3, -0.25) is 14.3 Å². The van der Waals surface area contributed by atoms with Crippen LogP contribution in [0, 0.1) is 12.8 Å². The lowest BCUT2D eigenvalue weighted by atomic mass is 9.94. The van der Waals surface area contributed by atoms with E-state index in [0.29, 0.717) is 25.1 Å². The number of carbonyl (C=O) groups excluding carboxylic acids is 1. The van der Waals surface area contributed by atoms with Gasteiger partial charge in [-0.15, -0.1) is 0 Å². The van der Waals surface area contributed by atoms with E-state index in [2.05, 4.69) is 15.4 Å². The van der Waals surface area contributed by atoms with E-state index in [1.165, 1.54) is 0 Å². The highest BCUT2D eigenvalue weighted by Gasteiger charge is 2.39. The van der Waals surface area contributed by atoms with Crippen LogP contribution in [-0.2, 0) is 18.4 Å². The molecule has 0 aliphatic carbocycles. The molecule has 1 fully saturated rings. The zero-order valence-electron chi connectivity index (χ0n) is 16.4. The molecule has 3 heterocycles. The third-order valence-electron chi connectivity index (χ3n) is 5.84. The van der Waals surface area contributed by atoms with E-state index in [9.17, 15) is 9.59 Å². The van der Waals surface area contributed by atoms with E-state index in [0.717, 1.165) is 22.2 Å². The van der Waals surface area contributed by atoms with Crippen molar-refractivity contribution in [3.8, 4) is 0 Å². The van der Waals surface area contributed by atoms with Gasteiger partial charge in [0.25, 0.3) is 5.56 Å². The number of hydrogen-bond donors (Lipinski definition) is 2. The van der Waals surface area contributed by atoms with E-state index in [1.807, 2.05) is 67.1 Å². The molecule has 4 rings (SSSR count). The first-order chi connectivity index (χ1) is 13.5. The zero-order chi connectivity index (χ0) is 19.8. The van der Waals surface area contributed by atoms with E-state index in [4.69, 9.17) is 0 Å². The highest BCUT2D eigenvalue weighted by atomic mass is 16.2. The molecule has 1 saturated heterocycles. The molecular weight excluding hydrogens is 354 g/mol. The standard InChI is InChI=1S/C21H25N5O2/c1-13-17(12-23-26(13)3)20-15(9-19(27)25(20)2)10-22-11-16-8-14-6-4-5-7-18(14)24-21(16)28/h4-8,12,15,20,22H,9-11H2,1-3H3,(H,24,28)/t15-,20+/m0/s1. The smallest absolute Gasteiger partial charge is 0.252 e. The summed E-state index contributed by atoms with van der Waals surface area (Å²) in [6, 6.07) is 9.68. The van der Waals surface area contributed by atoms with Crippen molar-refractivity contribution in [2.24, 2.45) is 13.0 Å². The molecule has 1 amide bonds. The Morgan fingerprint density at radius 2 is 2.04 bits per heavy atom. The number of rotatable bonds is 5. The first-order valence-electron chi connectivity index (χ1n) is 9.51. The fraction of sp³-hybridized carbons (Fsp3) is 0.381. The maximum atomic E-state index is 12.3. The lowest BCUT2D eigenvalue weighted by molar-refractivity contribution is -0.127. The van der Waals surface area contributed by atoms with Crippen LogP contribution < -0.4 is 10.9 Å². The molecule has 0 saturated carbocycles. The molecule has 2 atom stereocenters. The van der Waals surface area contributed by atoms with Crippen molar-refractivity contribution in [2.75, 3.05) is 13.6 Å². The number of carbonyl (C=O) groups is 1. The number of fused-ring (bicyclic) bond motifs is 1. The van der Waals surface area contributed by atoms with E-state index < -0.39 is 0 Å². The van der Waals surface area contributed by atoms with Gasteiger partial charge in [-0.25, -0.2) is 0 Å². The molecule has 1 aliphatic heterocycles. The number of hydrogen-bond acceptors (Lipinski definition) is 4. The summed E-state index contributed by atoms with van der Waals surface area (Å²) in [5.41, 5.74) is 3.62.